The van der Waals surface area contributed by atoms with Gasteiger partial charge in [-0.15, -0.1) is 0 Å². The third-order valence-corrected chi connectivity index (χ3v) is 5.25. The number of aromatic amines is 1. The molecule has 1 aromatic heterocycles. The molecule has 3 aromatic rings. The average Bonchev–Trinajstić information content (AvgIpc) is 3.21. The number of aromatic nitrogens is 1. The molecule has 3 nitrogen and oxygen atoms in total. The van der Waals surface area contributed by atoms with Crippen LogP contribution >= 0.6 is 22.6 Å². The normalized spacial score (nSPS) is 17.8. The molecule has 23 heavy (non-hydrogen) atoms. The van der Waals surface area contributed by atoms with Gasteiger partial charge in [-0.3, -0.25) is 4.79 Å². The standard InChI is InChI=1S/C19H17IN2O/c20-15-9-7-13(8-10-15)18-6-3-11-22(18)19(23)17-12-14-4-1-2-5-16(14)21-17/h1-2,4-5,7-10,12,18,21H,3,6,11H2. The molecule has 116 valence electrons. The molecule has 2 heterocycles. The second kappa shape index (κ2) is 6.00. The molecule has 4 heteroatoms. The van der Waals surface area contributed by atoms with E-state index in [0.29, 0.717) is 5.69 Å². The maximum absolute atomic E-state index is 13.0. The molecule has 1 N–H and O–H groups in total. The van der Waals surface area contributed by atoms with Gasteiger partial charge in [0.15, 0.2) is 0 Å². The Morgan fingerprint density at radius 1 is 1.13 bits per heavy atom. The SMILES string of the molecule is O=C(c1cc2ccccc2[nH]1)N1CCCC1c1ccc(I)cc1. The number of carbonyl (C=O) groups is 1. The van der Waals surface area contributed by atoms with Gasteiger partial charge in [-0.05, 0) is 65.3 Å². The van der Waals surface area contributed by atoms with Gasteiger partial charge in [-0.2, -0.15) is 0 Å². The van der Waals surface area contributed by atoms with E-state index in [-0.39, 0.29) is 11.9 Å². The van der Waals surface area contributed by atoms with E-state index < -0.39 is 0 Å². The van der Waals surface area contributed by atoms with Gasteiger partial charge in [0.05, 0.1) is 6.04 Å². The zero-order valence-electron chi connectivity index (χ0n) is 12.6. The van der Waals surface area contributed by atoms with Crippen molar-refractivity contribution in [3.63, 3.8) is 0 Å². The summed E-state index contributed by atoms with van der Waals surface area (Å²) < 4.78 is 1.22. The van der Waals surface area contributed by atoms with Crippen molar-refractivity contribution in [3.05, 3.63) is 69.4 Å². The van der Waals surface area contributed by atoms with Crippen molar-refractivity contribution >= 4 is 39.4 Å². The molecule has 1 aliphatic heterocycles. The van der Waals surface area contributed by atoms with Crippen LogP contribution in [0.25, 0.3) is 10.9 Å². The predicted molar refractivity (Wildman–Crippen MR) is 100 cm³/mol. The van der Waals surface area contributed by atoms with E-state index in [1.54, 1.807) is 0 Å². The van der Waals surface area contributed by atoms with Crippen LogP contribution in [-0.2, 0) is 0 Å². The van der Waals surface area contributed by atoms with Crippen LogP contribution in [0.4, 0.5) is 0 Å². The Hall–Kier alpha value is -1.82. The van der Waals surface area contributed by atoms with Gasteiger partial charge in [0.1, 0.15) is 5.69 Å². The monoisotopic (exact) mass is 416 g/mol. The number of H-pyrrole nitrogens is 1. The van der Waals surface area contributed by atoms with E-state index in [4.69, 9.17) is 0 Å². The molecule has 1 amide bonds. The lowest BCUT2D eigenvalue weighted by Gasteiger charge is -2.24. The van der Waals surface area contributed by atoms with Gasteiger partial charge in [0.25, 0.3) is 5.91 Å². The van der Waals surface area contributed by atoms with Gasteiger partial charge in [0.2, 0.25) is 0 Å². The lowest BCUT2D eigenvalue weighted by atomic mass is 10.0. The van der Waals surface area contributed by atoms with Crippen molar-refractivity contribution in [1.29, 1.82) is 0 Å². The highest BCUT2D eigenvalue weighted by atomic mass is 127. The molecule has 1 atom stereocenters. The number of likely N-dealkylation sites (tertiary alicyclic amines) is 1. The summed E-state index contributed by atoms with van der Waals surface area (Å²) >= 11 is 2.31. The molecular weight excluding hydrogens is 399 g/mol. The average molecular weight is 416 g/mol. The third kappa shape index (κ3) is 2.76. The molecule has 0 saturated carbocycles. The van der Waals surface area contributed by atoms with Gasteiger partial charge in [-0.25, -0.2) is 0 Å². The first kappa shape index (κ1) is 14.8. The topological polar surface area (TPSA) is 36.1 Å². The van der Waals surface area contributed by atoms with E-state index in [2.05, 4.69) is 51.8 Å². The summed E-state index contributed by atoms with van der Waals surface area (Å²) in [6, 6.07) is 18.7. The number of halogens is 1. The minimum absolute atomic E-state index is 0.0993. The van der Waals surface area contributed by atoms with Crippen LogP contribution in [0, 0.1) is 3.57 Å². The Bertz CT molecular complexity index is 820. The highest BCUT2D eigenvalue weighted by Gasteiger charge is 2.31. The van der Waals surface area contributed by atoms with Gasteiger partial charge in [0, 0.05) is 21.0 Å². The Kier molecular flexibility index (Phi) is 3.85. The first-order valence-electron chi connectivity index (χ1n) is 7.86. The number of rotatable bonds is 2. The third-order valence-electron chi connectivity index (χ3n) is 4.53. The van der Waals surface area contributed by atoms with Crippen LogP contribution in [0.1, 0.15) is 34.9 Å². The van der Waals surface area contributed by atoms with Crippen LogP contribution < -0.4 is 0 Å². The van der Waals surface area contributed by atoms with Crippen LogP contribution in [0.5, 0.6) is 0 Å². The minimum Gasteiger partial charge on any atom is -0.351 e. The number of nitrogens with zero attached hydrogens (tertiary/aromatic N) is 1. The first-order chi connectivity index (χ1) is 11.2. The zero-order valence-corrected chi connectivity index (χ0v) is 14.8. The minimum atomic E-state index is 0.0993. The molecule has 0 bridgehead atoms. The predicted octanol–water partition coefficient (Wildman–Crippen LogP) is 4.75. The van der Waals surface area contributed by atoms with Gasteiger partial charge < -0.3 is 9.88 Å². The van der Waals surface area contributed by atoms with E-state index in [9.17, 15) is 4.79 Å². The van der Waals surface area contributed by atoms with Crippen molar-refractivity contribution in [2.75, 3.05) is 6.54 Å². The largest absolute Gasteiger partial charge is 0.351 e. The molecule has 1 fully saturated rings. The second-order valence-corrected chi connectivity index (χ2v) is 7.22. The number of para-hydroxylation sites is 1. The summed E-state index contributed by atoms with van der Waals surface area (Å²) in [7, 11) is 0. The van der Waals surface area contributed by atoms with E-state index in [1.165, 1.54) is 9.13 Å². The molecule has 0 spiro atoms. The molecule has 1 aliphatic rings. The number of nitrogens with one attached hydrogen (secondary N) is 1. The smallest absolute Gasteiger partial charge is 0.270 e. The highest BCUT2D eigenvalue weighted by molar-refractivity contribution is 14.1. The maximum atomic E-state index is 13.0. The fourth-order valence-electron chi connectivity index (χ4n) is 3.38. The van der Waals surface area contributed by atoms with Crippen molar-refractivity contribution in [3.8, 4) is 0 Å². The fourth-order valence-corrected chi connectivity index (χ4v) is 3.74. The molecule has 1 saturated heterocycles. The number of benzene rings is 2. The van der Waals surface area contributed by atoms with Crippen LogP contribution in [0.2, 0.25) is 0 Å². The van der Waals surface area contributed by atoms with Crippen molar-refractivity contribution in [2.24, 2.45) is 0 Å². The summed E-state index contributed by atoms with van der Waals surface area (Å²) in [5, 5.41) is 1.08. The van der Waals surface area contributed by atoms with Crippen LogP contribution in [-0.4, -0.2) is 22.3 Å². The number of carbonyl (C=O) groups excluding carboxylic acids is 1. The highest BCUT2D eigenvalue weighted by Crippen LogP contribution is 2.33. The maximum Gasteiger partial charge on any atom is 0.270 e. The molecule has 2 aromatic carbocycles. The fraction of sp³-hybridized carbons (Fsp3) is 0.211. The van der Waals surface area contributed by atoms with Gasteiger partial charge >= 0.3 is 0 Å². The number of hydrogen-bond donors (Lipinski definition) is 1. The van der Waals surface area contributed by atoms with Crippen LogP contribution in [0.15, 0.2) is 54.6 Å². The summed E-state index contributed by atoms with van der Waals surface area (Å²) in [5.74, 6) is 0.0993. The Morgan fingerprint density at radius 2 is 1.91 bits per heavy atom. The first-order valence-corrected chi connectivity index (χ1v) is 8.94. The lowest BCUT2D eigenvalue weighted by Crippen LogP contribution is -2.30. The van der Waals surface area contributed by atoms with Crippen molar-refractivity contribution < 1.29 is 4.79 Å². The Labute approximate surface area is 148 Å². The summed E-state index contributed by atoms with van der Waals surface area (Å²) in [6.45, 7) is 0.824. The quantitative estimate of drug-likeness (QED) is 0.602. The van der Waals surface area contributed by atoms with Crippen molar-refractivity contribution in [1.82, 2.24) is 9.88 Å². The molecule has 0 aliphatic carbocycles. The Balaban J connectivity index is 1.65. The summed E-state index contributed by atoms with van der Waals surface area (Å²) in [6.07, 6.45) is 2.09. The van der Waals surface area contributed by atoms with E-state index in [1.807, 2.05) is 35.2 Å². The van der Waals surface area contributed by atoms with E-state index in [0.717, 1.165) is 30.3 Å². The number of hydrogen-bond acceptors (Lipinski definition) is 1. The molecule has 4 rings (SSSR count). The molecule has 0 radical (unpaired) electrons. The number of amides is 1. The zero-order chi connectivity index (χ0) is 15.8. The molecule has 1 unspecified atom stereocenters. The second-order valence-electron chi connectivity index (χ2n) is 5.98. The summed E-state index contributed by atoms with van der Waals surface area (Å²) in [4.78, 5) is 18.2. The van der Waals surface area contributed by atoms with Gasteiger partial charge in [-0.1, -0.05) is 30.3 Å². The summed E-state index contributed by atoms with van der Waals surface area (Å²) in [5.41, 5.74) is 2.93. The Morgan fingerprint density at radius 3 is 2.70 bits per heavy atom. The lowest BCUT2D eigenvalue weighted by molar-refractivity contribution is 0.0730. The molecular formula is C19H17IN2O. The number of fused-ring (bicyclic) bond motifs is 1. The van der Waals surface area contributed by atoms with Crippen LogP contribution in [0.3, 0.4) is 0 Å². The van der Waals surface area contributed by atoms with Crippen molar-refractivity contribution in [2.45, 2.75) is 18.9 Å². The van der Waals surface area contributed by atoms with E-state index >= 15 is 0 Å².